The van der Waals surface area contributed by atoms with E-state index in [-0.39, 0.29) is 0 Å². The van der Waals surface area contributed by atoms with Crippen LogP contribution in [0.15, 0.2) is 84.0 Å². The van der Waals surface area contributed by atoms with Crippen LogP contribution in [0.25, 0.3) is 0 Å². The number of nitriles is 1. The zero-order chi connectivity index (χ0) is 20.3. The summed E-state index contributed by atoms with van der Waals surface area (Å²) in [4.78, 5) is 0. The highest BCUT2D eigenvalue weighted by molar-refractivity contribution is 9.09. The summed E-state index contributed by atoms with van der Waals surface area (Å²) in [5, 5.41) is 9.66. The SMILES string of the molecule is BrCC1=CCC(c2ccccc2)CC1.N#CCC1=CCC(c2ccccc2)CC1. The van der Waals surface area contributed by atoms with Crippen LogP contribution in [0.4, 0.5) is 0 Å². The average Bonchev–Trinajstić information content (AvgIpc) is 2.81. The Hall–Kier alpha value is -2.11. The lowest BCUT2D eigenvalue weighted by Gasteiger charge is -2.21. The zero-order valence-electron chi connectivity index (χ0n) is 17.1. The second-order valence-corrected chi connectivity index (χ2v) is 8.52. The van der Waals surface area contributed by atoms with Gasteiger partial charge in [0.1, 0.15) is 0 Å². The van der Waals surface area contributed by atoms with Crippen molar-refractivity contribution in [2.75, 3.05) is 5.33 Å². The maximum atomic E-state index is 8.61. The minimum absolute atomic E-state index is 0.613. The number of hydrogen-bond acceptors (Lipinski definition) is 1. The molecule has 4 rings (SSSR count). The lowest BCUT2D eigenvalue weighted by atomic mass is 9.84. The Balaban J connectivity index is 0.000000166. The molecule has 0 amide bonds. The summed E-state index contributed by atoms with van der Waals surface area (Å²) < 4.78 is 0. The van der Waals surface area contributed by atoms with Crippen LogP contribution < -0.4 is 0 Å². The summed E-state index contributed by atoms with van der Waals surface area (Å²) in [6.07, 6.45) is 12.4. The largest absolute Gasteiger partial charge is 0.198 e. The molecule has 2 aromatic rings. The Bertz CT molecular complexity index is 845. The standard InChI is InChI=1S/C14H15N.C13H15Br/c15-11-10-12-6-8-14(9-7-12)13-4-2-1-3-5-13;14-10-11-6-8-13(9-7-11)12-4-2-1-3-5-12/h1-6,14H,7-10H2;1-6,13H,7-10H2. The molecule has 2 aliphatic carbocycles. The van der Waals surface area contributed by atoms with E-state index in [4.69, 9.17) is 5.26 Å². The first-order valence-corrected chi connectivity index (χ1v) is 11.8. The smallest absolute Gasteiger partial charge is 0.0666 e. The minimum Gasteiger partial charge on any atom is -0.198 e. The average molecular weight is 448 g/mol. The molecule has 2 aromatic carbocycles. The van der Waals surface area contributed by atoms with Gasteiger partial charge in [0.15, 0.2) is 0 Å². The molecular weight excluding hydrogens is 418 g/mol. The minimum atomic E-state index is 0.613. The molecule has 0 aliphatic heterocycles. The van der Waals surface area contributed by atoms with Gasteiger partial charge in [0.2, 0.25) is 0 Å². The molecule has 1 nitrogen and oxygen atoms in total. The third kappa shape index (κ3) is 6.72. The van der Waals surface area contributed by atoms with Gasteiger partial charge >= 0.3 is 0 Å². The molecule has 150 valence electrons. The van der Waals surface area contributed by atoms with Crippen LogP contribution >= 0.6 is 15.9 Å². The van der Waals surface area contributed by atoms with Crippen molar-refractivity contribution in [1.82, 2.24) is 0 Å². The van der Waals surface area contributed by atoms with Gasteiger partial charge in [0.05, 0.1) is 12.5 Å². The number of allylic oxidation sites excluding steroid dienone is 4. The normalized spacial score (nSPS) is 21.1. The van der Waals surface area contributed by atoms with Crippen LogP contribution in [0, 0.1) is 11.3 Å². The first-order valence-electron chi connectivity index (χ1n) is 10.7. The van der Waals surface area contributed by atoms with E-state index in [0.29, 0.717) is 12.3 Å². The summed E-state index contributed by atoms with van der Waals surface area (Å²) in [6, 6.07) is 23.7. The fourth-order valence-electron chi connectivity index (χ4n) is 4.22. The van der Waals surface area contributed by atoms with Crippen LogP contribution in [-0.2, 0) is 0 Å². The van der Waals surface area contributed by atoms with Crippen molar-refractivity contribution in [1.29, 1.82) is 5.26 Å². The fourth-order valence-corrected chi connectivity index (χ4v) is 4.73. The second kappa shape index (κ2) is 11.8. The molecule has 0 spiro atoms. The lowest BCUT2D eigenvalue weighted by Crippen LogP contribution is -2.04. The maximum absolute atomic E-state index is 8.61. The van der Waals surface area contributed by atoms with Crippen LogP contribution in [-0.4, -0.2) is 5.33 Å². The first-order chi connectivity index (χ1) is 14.3. The summed E-state index contributed by atoms with van der Waals surface area (Å²) in [6.45, 7) is 0. The second-order valence-electron chi connectivity index (χ2n) is 7.96. The Morgan fingerprint density at radius 2 is 1.24 bits per heavy atom. The molecule has 0 heterocycles. The predicted octanol–water partition coefficient (Wildman–Crippen LogP) is 8.07. The molecule has 2 aliphatic rings. The van der Waals surface area contributed by atoms with E-state index in [2.05, 4.69) is 94.8 Å². The monoisotopic (exact) mass is 447 g/mol. The van der Waals surface area contributed by atoms with Crippen molar-refractivity contribution >= 4 is 15.9 Å². The van der Waals surface area contributed by atoms with Gasteiger partial charge in [0.25, 0.3) is 0 Å². The Kier molecular flexibility index (Phi) is 8.78. The Morgan fingerprint density at radius 3 is 1.62 bits per heavy atom. The summed E-state index contributed by atoms with van der Waals surface area (Å²) in [5.74, 6) is 1.41. The molecule has 2 heteroatoms. The number of nitrogens with zero attached hydrogens (tertiary/aromatic N) is 1. The summed E-state index contributed by atoms with van der Waals surface area (Å²) in [5.41, 5.74) is 5.82. The fraction of sp³-hybridized carbons (Fsp3) is 0.370. The van der Waals surface area contributed by atoms with Gasteiger partial charge < -0.3 is 0 Å². The van der Waals surface area contributed by atoms with Gasteiger partial charge in [-0.05, 0) is 61.5 Å². The van der Waals surface area contributed by atoms with E-state index in [1.165, 1.54) is 42.4 Å². The van der Waals surface area contributed by atoms with E-state index in [0.717, 1.165) is 24.1 Å². The van der Waals surface area contributed by atoms with Crippen LogP contribution in [0.2, 0.25) is 0 Å². The summed E-state index contributed by atoms with van der Waals surface area (Å²) >= 11 is 3.52. The van der Waals surface area contributed by atoms with Gasteiger partial charge in [-0.2, -0.15) is 5.26 Å². The maximum Gasteiger partial charge on any atom is 0.0666 e. The van der Waals surface area contributed by atoms with Gasteiger partial charge in [-0.15, -0.1) is 0 Å². The molecule has 29 heavy (non-hydrogen) atoms. The summed E-state index contributed by atoms with van der Waals surface area (Å²) in [7, 11) is 0. The number of benzene rings is 2. The van der Waals surface area contributed by atoms with Crippen molar-refractivity contribution in [3.8, 4) is 6.07 Å². The van der Waals surface area contributed by atoms with E-state index in [1.807, 2.05) is 0 Å². The van der Waals surface area contributed by atoms with Gasteiger partial charge in [0, 0.05) is 5.33 Å². The van der Waals surface area contributed by atoms with E-state index in [1.54, 1.807) is 5.57 Å². The van der Waals surface area contributed by atoms with Gasteiger partial charge in [-0.25, -0.2) is 0 Å². The number of rotatable bonds is 4. The molecule has 0 fully saturated rings. The lowest BCUT2D eigenvalue weighted by molar-refractivity contribution is 0.594. The van der Waals surface area contributed by atoms with Crippen molar-refractivity contribution in [2.24, 2.45) is 0 Å². The zero-order valence-corrected chi connectivity index (χ0v) is 18.7. The third-order valence-electron chi connectivity index (χ3n) is 6.03. The topological polar surface area (TPSA) is 23.8 Å². The number of alkyl halides is 1. The van der Waals surface area contributed by atoms with Crippen molar-refractivity contribution < 1.29 is 0 Å². The van der Waals surface area contributed by atoms with E-state index >= 15 is 0 Å². The highest BCUT2D eigenvalue weighted by Gasteiger charge is 2.16. The van der Waals surface area contributed by atoms with Gasteiger partial charge in [-0.1, -0.05) is 99.9 Å². The van der Waals surface area contributed by atoms with Crippen molar-refractivity contribution in [3.05, 3.63) is 95.1 Å². The highest BCUT2D eigenvalue weighted by atomic mass is 79.9. The van der Waals surface area contributed by atoms with Crippen LogP contribution in [0.3, 0.4) is 0 Å². The first kappa shape index (κ1) is 21.6. The molecule has 0 saturated carbocycles. The third-order valence-corrected chi connectivity index (χ3v) is 6.75. The van der Waals surface area contributed by atoms with Crippen LogP contribution in [0.1, 0.15) is 67.9 Å². The Labute approximate surface area is 184 Å². The molecule has 0 aromatic heterocycles. The number of hydrogen-bond donors (Lipinski definition) is 0. The number of halogens is 1. The van der Waals surface area contributed by atoms with Crippen molar-refractivity contribution in [3.63, 3.8) is 0 Å². The molecular formula is C27H30BrN. The van der Waals surface area contributed by atoms with Crippen LogP contribution in [0.5, 0.6) is 0 Å². The molecule has 0 bridgehead atoms. The Morgan fingerprint density at radius 1 is 0.759 bits per heavy atom. The quantitative estimate of drug-likeness (QED) is 0.343. The molecule has 0 N–H and O–H groups in total. The molecule has 2 unspecified atom stereocenters. The highest BCUT2D eigenvalue weighted by Crippen LogP contribution is 2.33. The molecule has 2 atom stereocenters. The van der Waals surface area contributed by atoms with E-state index in [9.17, 15) is 0 Å². The molecule has 0 saturated heterocycles. The predicted molar refractivity (Wildman–Crippen MR) is 126 cm³/mol. The molecule has 0 radical (unpaired) electrons. The van der Waals surface area contributed by atoms with Crippen molar-refractivity contribution in [2.45, 2.75) is 56.8 Å². The van der Waals surface area contributed by atoms with Gasteiger partial charge in [-0.3, -0.25) is 0 Å². The van der Waals surface area contributed by atoms with E-state index < -0.39 is 0 Å².